The highest BCUT2D eigenvalue weighted by Gasteiger charge is 2.25. The van der Waals surface area contributed by atoms with Crippen molar-refractivity contribution < 1.29 is 19.7 Å². The fraction of sp³-hybridized carbons (Fsp3) is 0.400. The van der Waals surface area contributed by atoms with Crippen molar-refractivity contribution in [2.24, 2.45) is 0 Å². The van der Waals surface area contributed by atoms with Gasteiger partial charge in [-0.1, -0.05) is 11.8 Å². The van der Waals surface area contributed by atoms with Crippen LogP contribution < -0.4 is 19.7 Å². The summed E-state index contributed by atoms with van der Waals surface area (Å²) in [6, 6.07) is 11.0. The van der Waals surface area contributed by atoms with E-state index >= 15 is 0 Å². The van der Waals surface area contributed by atoms with Crippen molar-refractivity contribution in [2.75, 3.05) is 32.7 Å². The first-order valence-electron chi connectivity index (χ1n) is 11.5. The number of hydrogen-bond acceptors (Lipinski definition) is 6. The third-order valence-electron chi connectivity index (χ3n) is 6.75. The minimum absolute atomic E-state index is 0.647. The van der Waals surface area contributed by atoms with Gasteiger partial charge in [0.2, 0.25) is 0 Å². The molecule has 2 aliphatic heterocycles. The average molecular weight is 464 g/mol. The maximum absolute atomic E-state index is 9.64. The largest absolute Gasteiger partial charge is 0.497 e. The van der Waals surface area contributed by atoms with Crippen molar-refractivity contribution in [3.63, 3.8) is 0 Å². The monoisotopic (exact) mass is 463 g/mol. The second kappa shape index (κ2) is 9.96. The van der Waals surface area contributed by atoms with Crippen LogP contribution in [0.5, 0.6) is 11.5 Å². The normalized spacial score (nSPS) is 19.6. The van der Waals surface area contributed by atoms with Crippen LogP contribution in [0.2, 0.25) is 0 Å². The molecule has 0 amide bonds. The predicted molar refractivity (Wildman–Crippen MR) is 127 cm³/mol. The zero-order valence-corrected chi connectivity index (χ0v) is 19.7. The highest BCUT2D eigenvalue weighted by Crippen LogP contribution is 2.35. The van der Waals surface area contributed by atoms with Crippen LogP contribution in [0.15, 0.2) is 41.6 Å². The van der Waals surface area contributed by atoms with E-state index in [0.717, 1.165) is 66.3 Å². The first kappa shape index (κ1) is 22.0. The Balaban J connectivity index is 1.16. The van der Waals surface area contributed by atoms with Crippen molar-refractivity contribution in [2.45, 2.75) is 36.7 Å². The van der Waals surface area contributed by atoms with Crippen molar-refractivity contribution in [1.29, 1.82) is 5.26 Å². The first-order chi connectivity index (χ1) is 16.2. The molecule has 8 heteroatoms. The number of piperidine rings is 1. The number of thioether (sulfide) groups is 1. The lowest BCUT2D eigenvalue weighted by molar-refractivity contribution is -0.913. The Labute approximate surface area is 198 Å². The Bertz CT molecular complexity index is 1190. The van der Waals surface area contributed by atoms with Gasteiger partial charge in [0.1, 0.15) is 24.3 Å². The van der Waals surface area contributed by atoms with E-state index in [-0.39, 0.29) is 0 Å². The Kier molecular flexibility index (Phi) is 6.63. The van der Waals surface area contributed by atoms with Crippen LogP contribution in [0.4, 0.5) is 0 Å². The molecule has 170 valence electrons. The van der Waals surface area contributed by atoms with Gasteiger partial charge in [0.25, 0.3) is 0 Å². The number of benzene rings is 1. The summed E-state index contributed by atoms with van der Waals surface area (Å²) < 4.78 is 10.9. The lowest BCUT2D eigenvalue weighted by atomic mass is 9.99. The Hall–Kier alpha value is -2.86. The van der Waals surface area contributed by atoms with Gasteiger partial charge in [-0.25, -0.2) is 0 Å². The molecule has 0 saturated carbocycles. The number of likely N-dealkylation sites (tertiary alicyclic amines) is 1. The molecular weight excluding hydrogens is 434 g/mol. The zero-order chi connectivity index (χ0) is 22.6. The SMILES string of the molecule is COc1ccc2ncc(C#N)c(CC[NH+]3CCC([NH2+]Cc4cc5c(cn4)OCS5)CC3)c2c1. The summed E-state index contributed by atoms with van der Waals surface area (Å²) in [5, 5.41) is 13.1. The molecule has 7 nitrogen and oxygen atoms in total. The van der Waals surface area contributed by atoms with Crippen molar-refractivity contribution in [3.05, 3.63) is 53.5 Å². The Morgan fingerprint density at radius 2 is 2.12 bits per heavy atom. The smallest absolute Gasteiger partial charge is 0.152 e. The fourth-order valence-corrected chi connectivity index (χ4v) is 5.58. The maximum atomic E-state index is 9.64. The number of pyridine rings is 2. The van der Waals surface area contributed by atoms with Crippen LogP contribution >= 0.6 is 11.8 Å². The molecule has 0 atom stereocenters. The van der Waals surface area contributed by atoms with Gasteiger partial charge in [-0.3, -0.25) is 9.97 Å². The molecular formula is C25H29N5O2S+2. The average Bonchev–Trinajstić information content (AvgIpc) is 3.34. The summed E-state index contributed by atoms with van der Waals surface area (Å²) in [7, 11) is 1.67. The third kappa shape index (κ3) is 4.91. The summed E-state index contributed by atoms with van der Waals surface area (Å²) in [6.45, 7) is 4.28. The second-order valence-corrected chi connectivity index (χ2v) is 9.67. The van der Waals surface area contributed by atoms with Gasteiger partial charge in [0.05, 0.1) is 60.7 Å². The molecule has 1 aromatic carbocycles. The van der Waals surface area contributed by atoms with E-state index in [1.807, 2.05) is 24.4 Å². The van der Waals surface area contributed by atoms with Crippen molar-refractivity contribution in [1.82, 2.24) is 9.97 Å². The summed E-state index contributed by atoms with van der Waals surface area (Å²) in [4.78, 5) is 11.8. The Morgan fingerprint density at radius 1 is 1.24 bits per heavy atom. The van der Waals surface area contributed by atoms with Crippen LogP contribution in [0.25, 0.3) is 10.9 Å². The predicted octanol–water partition coefficient (Wildman–Crippen LogP) is 1.31. The van der Waals surface area contributed by atoms with E-state index in [0.29, 0.717) is 17.5 Å². The Morgan fingerprint density at radius 3 is 2.94 bits per heavy atom. The highest BCUT2D eigenvalue weighted by molar-refractivity contribution is 7.99. The van der Waals surface area contributed by atoms with E-state index < -0.39 is 0 Å². The van der Waals surface area contributed by atoms with Crippen LogP contribution in [0.1, 0.15) is 29.7 Å². The summed E-state index contributed by atoms with van der Waals surface area (Å²) >= 11 is 1.74. The number of hydrogen-bond donors (Lipinski definition) is 2. The number of nitrogens with one attached hydrogen (secondary N) is 1. The summed E-state index contributed by atoms with van der Waals surface area (Å²) in [6.07, 6.45) is 6.84. The molecule has 0 bridgehead atoms. The number of nitriles is 1. The zero-order valence-electron chi connectivity index (χ0n) is 18.8. The maximum Gasteiger partial charge on any atom is 0.152 e. The highest BCUT2D eigenvalue weighted by atomic mass is 32.2. The van der Waals surface area contributed by atoms with Gasteiger partial charge in [0.15, 0.2) is 5.75 Å². The van der Waals surface area contributed by atoms with E-state index in [4.69, 9.17) is 9.47 Å². The molecule has 1 fully saturated rings. The number of nitrogens with zero attached hydrogens (tertiary/aromatic N) is 3. The number of aromatic nitrogens is 2. The molecule has 0 unspecified atom stereocenters. The molecule has 0 aliphatic carbocycles. The molecule has 2 aliphatic rings. The number of ether oxygens (including phenoxy) is 2. The van der Waals surface area contributed by atoms with Gasteiger partial charge in [-0.2, -0.15) is 5.26 Å². The lowest BCUT2D eigenvalue weighted by Gasteiger charge is -2.28. The number of rotatable bonds is 7. The van der Waals surface area contributed by atoms with Crippen LogP contribution in [-0.4, -0.2) is 48.7 Å². The van der Waals surface area contributed by atoms with Gasteiger partial charge in [-0.05, 0) is 29.8 Å². The third-order valence-corrected chi connectivity index (χ3v) is 7.62. The standard InChI is InChI=1S/C25H27N5O2S/c1-31-20-2-3-23-22(11-20)21(17(12-26)13-29-23)6-9-30-7-4-18(5-8-30)27-14-19-10-25-24(15-28-19)32-16-33-25/h2-3,10-11,13,15,18,27H,4-9,14,16H2,1H3/p+2. The molecule has 3 N–H and O–H groups in total. The lowest BCUT2D eigenvalue weighted by Crippen LogP contribution is -3.15. The molecule has 5 rings (SSSR count). The fourth-order valence-electron chi connectivity index (χ4n) is 4.80. The van der Waals surface area contributed by atoms with E-state index in [2.05, 4.69) is 27.4 Å². The van der Waals surface area contributed by atoms with E-state index in [1.54, 1.807) is 30.0 Å². The number of methoxy groups -OCH3 is 1. The quantitative estimate of drug-likeness (QED) is 0.549. The summed E-state index contributed by atoms with van der Waals surface area (Å²) in [5.41, 5.74) is 3.81. The van der Waals surface area contributed by atoms with E-state index in [1.165, 1.54) is 17.7 Å². The molecule has 3 aromatic rings. The van der Waals surface area contributed by atoms with Gasteiger partial charge in [0, 0.05) is 30.8 Å². The van der Waals surface area contributed by atoms with Gasteiger partial charge in [-0.15, -0.1) is 0 Å². The molecule has 4 heterocycles. The number of nitrogens with two attached hydrogens (primary N) is 1. The molecule has 33 heavy (non-hydrogen) atoms. The van der Waals surface area contributed by atoms with Crippen molar-refractivity contribution >= 4 is 22.7 Å². The van der Waals surface area contributed by atoms with Gasteiger partial charge < -0.3 is 19.7 Å². The van der Waals surface area contributed by atoms with Crippen LogP contribution in [0, 0.1) is 11.3 Å². The minimum Gasteiger partial charge on any atom is -0.497 e. The minimum atomic E-state index is 0.647. The van der Waals surface area contributed by atoms with Gasteiger partial charge >= 0.3 is 0 Å². The molecule has 1 saturated heterocycles. The second-order valence-electron chi connectivity index (χ2n) is 8.70. The van der Waals surface area contributed by atoms with Crippen molar-refractivity contribution in [3.8, 4) is 17.6 Å². The molecule has 2 aromatic heterocycles. The molecule has 0 radical (unpaired) electrons. The topological polar surface area (TPSA) is 89.1 Å². The molecule has 0 spiro atoms. The number of fused-ring (bicyclic) bond motifs is 2. The van der Waals surface area contributed by atoms with E-state index in [9.17, 15) is 5.26 Å². The van der Waals surface area contributed by atoms with Crippen LogP contribution in [0.3, 0.4) is 0 Å². The summed E-state index contributed by atoms with van der Waals surface area (Å²) in [5.74, 6) is 2.42. The number of quaternary nitrogens is 2. The van der Waals surface area contributed by atoms with Crippen LogP contribution in [-0.2, 0) is 13.0 Å². The first-order valence-corrected chi connectivity index (χ1v) is 12.5.